The Hall–Kier alpha value is -0.940. The number of methoxy groups -OCH3 is 1. The fourth-order valence-corrected chi connectivity index (χ4v) is 0.555. The molecule has 0 rings (SSSR count). The quantitative estimate of drug-likeness (QED) is 0.371. The van der Waals surface area contributed by atoms with Crippen LogP contribution in [0.2, 0.25) is 0 Å². The first-order valence-electron chi connectivity index (χ1n) is 3.12. The molecule has 0 aromatic rings. The Morgan fingerprint density at radius 1 is 1.82 bits per heavy atom. The summed E-state index contributed by atoms with van der Waals surface area (Å²) in [6.07, 6.45) is 0.603. The summed E-state index contributed by atoms with van der Waals surface area (Å²) in [4.78, 5) is 20.5. The third kappa shape index (κ3) is 3.69. The normalized spacial score (nSPS) is 12.2. The number of hydrogen-bond donors (Lipinski definition) is 2. The van der Waals surface area contributed by atoms with Crippen LogP contribution in [0.5, 0.6) is 0 Å². The van der Waals surface area contributed by atoms with Crippen molar-refractivity contribution in [3.63, 3.8) is 0 Å². The highest BCUT2D eigenvalue weighted by Crippen LogP contribution is 1.84. The Kier molecular flexibility index (Phi) is 5.32. The van der Waals surface area contributed by atoms with Crippen molar-refractivity contribution in [2.75, 3.05) is 20.3 Å². The van der Waals surface area contributed by atoms with Crippen LogP contribution in [0.4, 0.5) is 0 Å². The number of nitrogens with one attached hydrogen (secondary N) is 1. The Morgan fingerprint density at radius 3 is 2.82 bits per heavy atom. The maximum absolute atomic E-state index is 10.7. The Bertz CT molecular complexity index is 137. The fourth-order valence-electron chi connectivity index (χ4n) is 0.555. The van der Waals surface area contributed by atoms with E-state index in [1.54, 1.807) is 0 Å². The van der Waals surface area contributed by atoms with E-state index in [0.717, 1.165) is 0 Å². The van der Waals surface area contributed by atoms with E-state index in [4.69, 9.17) is 5.11 Å². The number of carbonyl (C=O) groups excluding carboxylic acids is 2. The van der Waals surface area contributed by atoms with Gasteiger partial charge in [-0.3, -0.25) is 10.1 Å². The third-order valence-corrected chi connectivity index (χ3v) is 1.12. The van der Waals surface area contributed by atoms with Crippen molar-refractivity contribution in [2.24, 2.45) is 0 Å². The van der Waals surface area contributed by atoms with Gasteiger partial charge in [-0.15, -0.1) is 0 Å². The van der Waals surface area contributed by atoms with Gasteiger partial charge in [-0.2, -0.15) is 0 Å². The molecule has 5 heteroatoms. The molecular weight excluding hydrogens is 150 g/mol. The van der Waals surface area contributed by atoms with Crippen molar-refractivity contribution in [1.29, 1.82) is 0 Å². The lowest BCUT2D eigenvalue weighted by Crippen LogP contribution is -2.41. The maximum Gasteiger partial charge on any atom is 0.325 e. The molecule has 0 aromatic carbocycles. The first kappa shape index (κ1) is 10.1. The standard InChI is InChI=1S/C6H11NO4/c1-11-6(10)5(4-9)7-2-3-8/h3,5,7,9H,2,4H2,1H3. The number of aliphatic hydroxyl groups excluding tert-OH is 1. The van der Waals surface area contributed by atoms with E-state index in [-0.39, 0.29) is 13.2 Å². The zero-order chi connectivity index (χ0) is 8.69. The molecule has 1 unspecified atom stereocenters. The molecule has 1 atom stereocenters. The van der Waals surface area contributed by atoms with Crippen molar-refractivity contribution >= 4 is 12.3 Å². The molecule has 11 heavy (non-hydrogen) atoms. The second-order valence-corrected chi connectivity index (χ2v) is 1.83. The molecule has 0 bridgehead atoms. The number of rotatable bonds is 5. The molecule has 0 spiro atoms. The lowest BCUT2D eigenvalue weighted by Gasteiger charge is -2.10. The number of ether oxygens (including phenoxy) is 1. The second-order valence-electron chi connectivity index (χ2n) is 1.83. The molecule has 0 saturated carbocycles. The molecule has 0 radical (unpaired) electrons. The van der Waals surface area contributed by atoms with Crippen LogP contribution < -0.4 is 5.32 Å². The van der Waals surface area contributed by atoms with Crippen molar-refractivity contribution in [1.82, 2.24) is 5.32 Å². The van der Waals surface area contributed by atoms with Gasteiger partial charge in [-0.25, -0.2) is 0 Å². The third-order valence-electron chi connectivity index (χ3n) is 1.12. The van der Waals surface area contributed by atoms with Crippen molar-refractivity contribution in [2.45, 2.75) is 6.04 Å². The summed E-state index contributed by atoms with van der Waals surface area (Å²) in [7, 11) is 1.22. The SMILES string of the molecule is COC(=O)C(CO)NCC=O. The summed E-state index contributed by atoms with van der Waals surface area (Å²) in [6.45, 7) is -0.346. The zero-order valence-electron chi connectivity index (χ0n) is 6.24. The van der Waals surface area contributed by atoms with Gasteiger partial charge >= 0.3 is 5.97 Å². The summed E-state index contributed by atoms with van der Waals surface area (Å²) in [6, 6.07) is -0.801. The van der Waals surface area contributed by atoms with Crippen LogP contribution in [0.1, 0.15) is 0 Å². The number of esters is 1. The topological polar surface area (TPSA) is 75.6 Å². The van der Waals surface area contributed by atoms with E-state index >= 15 is 0 Å². The molecular formula is C6H11NO4. The van der Waals surface area contributed by atoms with E-state index in [0.29, 0.717) is 6.29 Å². The number of hydrogen-bond acceptors (Lipinski definition) is 5. The summed E-state index contributed by atoms with van der Waals surface area (Å²) in [5.41, 5.74) is 0. The lowest BCUT2D eigenvalue weighted by molar-refractivity contribution is -0.144. The molecule has 0 aromatic heterocycles. The van der Waals surface area contributed by atoms with Gasteiger partial charge in [0.2, 0.25) is 0 Å². The first-order chi connectivity index (χ1) is 5.26. The van der Waals surface area contributed by atoms with Crippen LogP contribution in [0.25, 0.3) is 0 Å². The van der Waals surface area contributed by atoms with Gasteiger partial charge in [0.05, 0.1) is 20.3 Å². The molecule has 0 fully saturated rings. The summed E-state index contributed by atoms with van der Waals surface area (Å²) in [5.74, 6) is -0.575. The molecule has 0 aliphatic carbocycles. The second kappa shape index (κ2) is 5.82. The van der Waals surface area contributed by atoms with Crippen molar-refractivity contribution in [3.05, 3.63) is 0 Å². The van der Waals surface area contributed by atoms with Crippen LogP contribution in [0.3, 0.4) is 0 Å². The molecule has 2 N–H and O–H groups in total. The Labute approximate surface area is 64.3 Å². The molecule has 5 nitrogen and oxygen atoms in total. The average molecular weight is 161 g/mol. The molecule has 0 aliphatic rings. The van der Waals surface area contributed by atoms with E-state index in [1.807, 2.05) is 0 Å². The summed E-state index contributed by atoms with van der Waals surface area (Å²) in [5, 5.41) is 11.1. The molecule has 0 saturated heterocycles. The van der Waals surface area contributed by atoms with Crippen molar-refractivity contribution in [3.8, 4) is 0 Å². The summed E-state index contributed by atoms with van der Waals surface area (Å²) < 4.78 is 4.32. The van der Waals surface area contributed by atoms with Crippen LogP contribution in [0.15, 0.2) is 0 Å². The predicted octanol–water partition coefficient (Wildman–Crippen LogP) is -1.69. The Morgan fingerprint density at radius 2 is 2.45 bits per heavy atom. The predicted molar refractivity (Wildman–Crippen MR) is 37.0 cm³/mol. The lowest BCUT2D eigenvalue weighted by atomic mass is 10.3. The minimum atomic E-state index is -0.801. The molecule has 0 heterocycles. The van der Waals surface area contributed by atoms with Crippen molar-refractivity contribution < 1.29 is 19.4 Å². The highest BCUT2D eigenvalue weighted by Gasteiger charge is 2.15. The monoisotopic (exact) mass is 161 g/mol. The van der Waals surface area contributed by atoms with Crippen LogP contribution in [-0.4, -0.2) is 43.7 Å². The van der Waals surface area contributed by atoms with Gasteiger partial charge in [0.25, 0.3) is 0 Å². The van der Waals surface area contributed by atoms with Gasteiger partial charge in [-0.1, -0.05) is 0 Å². The number of aldehydes is 1. The smallest absolute Gasteiger partial charge is 0.325 e. The van der Waals surface area contributed by atoms with Crippen LogP contribution in [-0.2, 0) is 14.3 Å². The average Bonchev–Trinajstić information content (AvgIpc) is 2.05. The highest BCUT2D eigenvalue weighted by atomic mass is 16.5. The van der Waals surface area contributed by atoms with Gasteiger partial charge in [-0.05, 0) is 0 Å². The maximum atomic E-state index is 10.7. The minimum Gasteiger partial charge on any atom is -0.468 e. The van der Waals surface area contributed by atoms with E-state index < -0.39 is 12.0 Å². The van der Waals surface area contributed by atoms with Crippen LogP contribution >= 0.6 is 0 Å². The first-order valence-corrected chi connectivity index (χ1v) is 3.12. The van der Waals surface area contributed by atoms with Gasteiger partial charge in [0.15, 0.2) is 0 Å². The van der Waals surface area contributed by atoms with Gasteiger partial charge in [0, 0.05) is 0 Å². The minimum absolute atomic E-state index is 0.0281. The Balaban J connectivity index is 3.74. The fraction of sp³-hybridized carbons (Fsp3) is 0.667. The zero-order valence-corrected chi connectivity index (χ0v) is 6.24. The van der Waals surface area contributed by atoms with E-state index in [9.17, 15) is 9.59 Å². The van der Waals surface area contributed by atoms with E-state index in [2.05, 4.69) is 10.1 Å². The molecule has 64 valence electrons. The van der Waals surface area contributed by atoms with Gasteiger partial charge < -0.3 is 14.6 Å². The number of carbonyl (C=O) groups is 2. The van der Waals surface area contributed by atoms with E-state index in [1.165, 1.54) is 7.11 Å². The molecule has 0 amide bonds. The highest BCUT2D eigenvalue weighted by molar-refractivity contribution is 5.76. The largest absolute Gasteiger partial charge is 0.468 e. The molecule has 0 aliphatic heterocycles. The van der Waals surface area contributed by atoms with Crippen LogP contribution in [0, 0.1) is 0 Å². The number of aliphatic hydroxyl groups is 1. The van der Waals surface area contributed by atoms with Gasteiger partial charge in [0.1, 0.15) is 12.3 Å². The summed E-state index contributed by atoms with van der Waals surface area (Å²) >= 11 is 0.